The topological polar surface area (TPSA) is 119 Å². The number of ether oxygens (including phenoxy) is 1. The predicted octanol–water partition coefficient (Wildman–Crippen LogP) is 3.12. The molecule has 2 aromatic heterocycles. The lowest BCUT2D eigenvalue weighted by Gasteiger charge is -2.06. The number of aromatic amines is 1. The summed E-state index contributed by atoms with van der Waals surface area (Å²) in [4.78, 5) is 20.9. The number of esters is 1. The number of allylic oxidation sites excluding steroid dienone is 1. The first-order valence-electron chi connectivity index (χ1n) is 8.54. The number of aromatic nitrogens is 6. The van der Waals surface area contributed by atoms with E-state index in [9.17, 15) is 9.90 Å². The van der Waals surface area contributed by atoms with Crippen molar-refractivity contribution in [2.75, 3.05) is 7.11 Å². The van der Waals surface area contributed by atoms with E-state index in [1.54, 1.807) is 6.07 Å². The molecule has 0 radical (unpaired) electrons. The van der Waals surface area contributed by atoms with Gasteiger partial charge < -0.3 is 14.8 Å². The molecule has 0 saturated carbocycles. The average molecular weight is 455 g/mol. The number of aliphatic hydroxyl groups excluding tert-OH is 1. The van der Waals surface area contributed by atoms with Crippen LogP contribution in [-0.2, 0) is 16.1 Å². The van der Waals surface area contributed by atoms with E-state index in [0.717, 1.165) is 15.6 Å². The lowest BCUT2D eigenvalue weighted by atomic mass is 10.2. The molecule has 2 aromatic carbocycles. The Bertz CT molecular complexity index is 1180. The fourth-order valence-electron chi connectivity index (χ4n) is 2.76. The third kappa shape index (κ3) is 3.87. The maximum absolute atomic E-state index is 12.3. The van der Waals surface area contributed by atoms with Crippen LogP contribution in [0.1, 0.15) is 5.82 Å². The molecule has 0 aliphatic rings. The standard InChI is InChI=1S/C19H15BrN6O3/c1-29-19(28)16(18-21-13-4-2-3-5-14(13)22-18)15(27)10-26-24-17(23-25-26)11-6-8-12(20)9-7-11/h2-9,27H,10H2,1H3,(H,21,22)/b16-15+. The van der Waals surface area contributed by atoms with E-state index in [0.29, 0.717) is 11.3 Å². The van der Waals surface area contributed by atoms with Crippen LogP contribution in [0.4, 0.5) is 0 Å². The SMILES string of the molecule is COC(=O)/C(=C(/O)Cn1nnc(-c2ccc(Br)cc2)n1)c1nc2ccccc2[nH]1. The summed E-state index contributed by atoms with van der Waals surface area (Å²) < 4.78 is 5.75. The molecule has 0 aliphatic heterocycles. The Morgan fingerprint density at radius 2 is 1.97 bits per heavy atom. The summed E-state index contributed by atoms with van der Waals surface area (Å²) in [5.41, 5.74) is 2.07. The number of nitrogens with zero attached hydrogens (tertiary/aromatic N) is 5. The maximum atomic E-state index is 12.3. The Morgan fingerprint density at radius 1 is 1.21 bits per heavy atom. The normalized spacial score (nSPS) is 12.1. The molecular weight excluding hydrogens is 440 g/mol. The summed E-state index contributed by atoms with van der Waals surface area (Å²) >= 11 is 3.37. The van der Waals surface area contributed by atoms with Crippen LogP contribution in [0.15, 0.2) is 58.8 Å². The van der Waals surface area contributed by atoms with Gasteiger partial charge in [0.1, 0.15) is 23.7 Å². The molecular formula is C19H15BrN6O3. The number of carbonyl (C=O) groups excluding carboxylic acids is 1. The first kappa shape index (κ1) is 18.8. The number of rotatable bonds is 5. The van der Waals surface area contributed by atoms with E-state index in [1.807, 2.05) is 42.5 Å². The molecule has 2 heterocycles. The zero-order valence-corrected chi connectivity index (χ0v) is 16.8. The zero-order chi connectivity index (χ0) is 20.4. The third-order valence-corrected chi connectivity index (χ3v) is 4.68. The molecule has 0 saturated heterocycles. The van der Waals surface area contributed by atoms with Gasteiger partial charge >= 0.3 is 5.97 Å². The fourth-order valence-corrected chi connectivity index (χ4v) is 3.03. The molecule has 2 N–H and O–H groups in total. The van der Waals surface area contributed by atoms with Crippen molar-refractivity contribution in [2.45, 2.75) is 6.54 Å². The van der Waals surface area contributed by atoms with Crippen molar-refractivity contribution in [1.82, 2.24) is 30.2 Å². The molecule has 0 bridgehead atoms. The number of benzene rings is 2. The van der Waals surface area contributed by atoms with E-state index in [2.05, 4.69) is 41.3 Å². The minimum atomic E-state index is -0.727. The Balaban J connectivity index is 1.67. The van der Waals surface area contributed by atoms with Gasteiger partial charge in [-0.1, -0.05) is 28.1 Å². The first-order valence-corrected chi connectivity index (χ1v) is 9.34. The summed E-state index contributed by atoms with van der Waals surface area (Å²) in [5, 5.41) is 22.8. The number of para-hydroxylation sites is 2. The molecule has 0 amide bonds. The largest absolute Gasteiger partial charge is 0.509 e. The number of nitrogens with one attached hydrogen (secondary N) is 1. The van der Waals surface area contributed by atoms with Crippen LogP contribution in [0.3, 0.4) is 0 Å². The molecule has 10 heteroatoms. The highest BCUT2D eigenvalue weighted by molar-refractivity contribution is 9.10. The quantitative estimate of drug-likeness (QED) is 0.270. The van der Waals surface area contributed by atoms with Crippen LogP contribution in [0, 0.1) is 0 Å². The van der Waals surface area contributed by atoms with Gasteiger partial charge in [0.05, 0.1) is 18.1 Å². The van der Waals surface area contributed by atoms with Crippen molar-refractivity contribution < 1.29 is 14.6 Å². The summed E-state index contributed by atoms with van der Waals surface area (Å²) in [5.74, 6) is -0.428. The van der Waals surface area contributed by atoms with Crippen LogP contribution >= 0.6 is 15.9 Å². The molecule has 4 aromatic rings. The van der Waals surface area contributed by atoms with Gasteiger partial charge in [0.2, 0.25) is 5.82 Å². The molecule has 0 fully saturated rings. The zero-order valence-electron chi connectivity index (χ0n) is 15.2. The molecule has 0 atom stereocenters. The Hall–Kier alpha value is -3.53. The van der Waals surface area contributed by atoms with Gasteiger partial charge in [0.25, 0.3) is 0 Å². The summed E-state index contributed by atoms with van der Waals surface area (Å²) in [7, 11) is 1.23. The van der Waals surface area contributed by atoms with Crippen LogP contribution in [-0.4, -0.2) is 48.4 Å². The second-order valence-corrected chi connectivity index (χ2v) is 6.98. The molecule has 29 heavy (non-hydrogen) atoms. The molecule has 146 valence electrons. The Morgan fingerprint density at radius 3 is 2.69 bits per heavy atom. The van der Waals surface area contributed by atoms with Crippen molar-refractivity contribution >= 4 is 38.5 Å². The Labute approximate surface area is 173 Å². The highest BCUT2D eigenvalue weighted by atomic mass is 79.9. The van der Waals surface area contributed by atoms with Gasteiger partial charge in [-0.25, -0.2) is 9.78 Å². The highest BCUT2D eigenvalue weighted by Gasteiger charge is 2.23. The van der Waals surface area contributed by atoms with Gasteiger partial charge in [-0.05, 0) is 41.6 Å². The molecule has 0 spiro atoms. The highest BCUT2D eigenvalue weighted by Crippen LogP contribution is 2.22. The Kier molecular flexibility index (Phi) is 5.09. The summed E-state index contributed by atoms with van der Waals surface area (Å²) in [6.45, 7) is -0.176. The maximum Gasteiger partial charge on any atom is 0.345 e. The van der Waals surface area contributed by atoms with Crippen LogP contribution < -0.4 is 0 Å². The van der Waals surface area contributed by atoms with Crippen molar-refractivity contribution in [2.24, 2.45) is 0 Å². The van der Waals surface area contributed by atoms with Crippen molar-refractivity contribution in [1.29, 1.82) is 0 Å². The number of tetrazole rings is 1. The number of imidazole rings is 1. The van der Waals surface area contributed by atoms with E-state index < -0.39 is 5.97 Å². The average Bonchev–Trinajstić information content (AvgIpc) is 3.35. The molecule has 4 rings (SSSR count). The van der Waals surface area contributed by atoms with E-state index in [1.165, 1.54) is 11.9 Å². The van der Waals surface area contributed by atoms with Crippen LogP contribution in [0.25, 0.3) is 28.0 Å². The van der Waals surface area contributed by atoms with E-state index in [-0.39, 0.29) is 23.7 Å². The second-order valence-electron chi connectivity index (χ2n) is 6.07. The number of hydrogen-bond acceptors (Lipinski definition) is 7. The molecule has 0 unspecified atom stereocenters. The number of halogens is 1. The molecule has 0 aliphatic carbocycles. The minimum Gasteiger partial charge on any atom is -0.509 e. The van der Waals surface area contributed by atoms with E-state index in [4.69, 9.17) is 4.74 Å². The van der Waals surface area contributed by atoms with Crippen molar-refractivity contribution in [3.63, 3.8) is 0 Å². The number of methoxy groups -OCH3 is 1. The lowest BCUT2D eigenvalue weighted by molar-refractivity contribution is -0.133. The monoisotopic (exact) mass is 454 g/mol. The fraction of sp³-hybridized carbons (Fsp3) is 0.105. The smallest absolute Gasteiger partial charge is 0.345 e. The lowest BCUT2D eigenvalue weighted by Crippen LogP contribution is -2.13. The summed E-state index contributed by atoms with van der Waals surface area (Å²) in [6.07, 6.45) is 0. The van der Waals surface area contributed by atoms with Gasteiger partial charge in [-0.2, -0.15) is 4.80 Å². The van der Waals surface area contributed by atoms with Gasteiger partial charge in [-0.15, -0.1) is 10.2 Å². The van der Waals surface area contributed by atoms with Gasteiger partial charge in [0, 0.05) is 10.0 Å². The van der Waals surface area contributed by atoms with Crippen molar-refractivity contribution in [3.8, 4) is 11.4 Å². The van der Waals surface area contributed by atoms with Crippen LogP contribution in [0.2, 0.25) is 0 Å². The van der Waals surface area contributed by atoms with Gasteiger partial charge in [0.15, 0.2) is 0 Å². The molecule has 9 nitrogen and oxygen atoms in total. The van der Waals surface area contributed by atoms with Crippen LogP contribution in [0.5, 0.6) is 0 Å². The number of hydrogen-bond donors (Lipinski definition) is 2. The number of aliphatic hydroxyl groups is 1. The predicted molar refractivity (Wildman–Crippen MR) is 109 cm³/mol. The second kappa shape index (κ2) is 7.84. The summed E-state index contributed by atoms with van der Waals surface area (Å²) in [6, 6.07) is 14.7. The number of H-pyrrole nitrogens is 1. The first-order chi connectivity index (χ1) is 14.0. The minimum absolute atomic E-state index is 0.0915. The van der Waals surface area contributed by atoms with Crippen molar-refractivity contribution in [3.05, 3.63) is 64.6 Å². The number of fused-ring (bicyclic) bond motifs is 1. The van der Waals surface area contributed by atoms with E-state index >= 15 is 0 Å². The number of carbonyl (C=O) groups is 1. The third-order valence-electron chi connectivity index (χ3n) is 4.15. The van der Waals surface area contributed by atoms with Gasteiger partial charge in [-0.3, -0.25) is 0 Å².